The standard InChI is InChI=1S/C19H21NO5/c1-13(18(23)14-5-3-2-4-6-14)25-19(24)15-7-9-16(10-8-15)20-11-17(22)12-21/h2-10,13,17,20-22H,11-12H2,1H3. The molecule has 0 heterocycles. The molecule has 2 atom stereocenters. The van der Waals surface area contributed by atoms with E-state index >= 15 is 0 Å². The molecule has 6 heteroatoms. The summed E-state index contributed by atoms with van der Waals surface area (Å²) < 4.78 is 5.23. The number of aliphatic hydroxyl groups is 2. The van der Waals surface area contributed by atoms with Crippen LogP contribution in [-0.2, 0) is 4.74 Å². The van der Waals surface area contributed by atoms with Gasteiger partial charge in [0.25, 0.3) is 0 Å². The Bertz CT molecular complexity index is 700. The summed E-state index contributed by atoms with van der Waals surface area (Å²) in [6, 6.07) is 15.1. The van der Waals surface area contributed by atoms with Crippen LogP contribution in [0.4, 0.5) is 5.69 Å². The van der Waals surface area contributed by atoms with Gasteiger partial charge in [0.05, 0.1) is 18.3 Å². The molecule has 0 radical (unpaired) electrons. The Hall–Kier alpha value is -2.70. The second-order valence-corrected chi connectivity index (χ2v) is 5.57. The minimum Gasteiger partial charge on any atom is -0.451 e. The number of anilines is 1. The van der Waals surface area contributed by atoms with Crippen LogP contribution in [0.1, 0.15) is 27.6 Å². The average molecular weight is 343 g/mol. The first-order chi connectivity index (χ1) is 12.0. The highest BCUT2D eigenvalue weighted by atomic mass is 16.5. The molecule has 0 aliphatic heterocycles. The van der Waals surface area contributed by atoms with E-state index in [1.807, 2.05) is 6.07 Å². The number of carbonyl (C=O) groups excluding carboxylic acids is 2. The Morgan fingerprint density at radius 1 is 1.04 bits per heavy atom. The first-order valence-corrected chi connectivity index (χ1v) is 7.94. The number of rotatable bonds is 8. The van der Waals surface area contributed by atoms with E-state index in [-0.39, 0.29) is 18.9 Å². The van der Waals surface area contributed by atoms with Crippen LogP contribution in [0, 0.1) is 0 Å². The number of Topliss-reactive ketones (excluding diaryl/α,β-unsaturated/α-hetero) is 1. The number of benzene rings is 2. The van der Waals surface area contributed by atoms with E-state index < -0.39 is 18.2 Å². The van der Waals surface area contributed by atoms with Crippen LogP contribution in [0.2, 0.25) is 0 Å². The zero-order valence-corrected chi connectivity index (χ0v) is 13.9. The number of aliphatic hydroxyl groups excluding tert-OH is 2. The molecule has 0 aliphatic carbocycles. The van der Waals surface area contributed by atoms with Gasteiger partial charge in [-0.05, 0) is 31.2 Å². The van der Waals surface area contributed by atoms with Crippen molar-refractivity contribution in [3.8, 4) is 0 Å². The minimum absolute atomic E-state index is 0.197. The maximum atomic E-state index is 12.2. The second-order valence-electron chi connectivity index (χ2n) is 5.57. The van der Waals surface area contributed by atoms with Crippen LogP contribution in [0.25, 0.3) is 0 Å². The highest BCUT2D eigenvalue weighted by Gasteiger charge is 2.20. The van der Waals surface area contributed by atoms with E-state index in [0.717, 1.165) is 0 Å². The van der Waals surface area contributed by atoms with E-state index in [0.29, 0.717) is 16.8 Å². The number of nitrogens with one attached hydrogen (secondary N) is 1. The number of ether oxygens (including phenoxy) is 1. The van der Waals surface area contributed by atoms with Crippen molar-refractivity contribution in [1.82, 2.24) is 0 Å². The first-order valence-electron chi connectivity index (χ1n) is 7.94. The molecule has 0 aliphatic rings. The van der Waals surface area contributed by atoms with Crippen molar-refractivity contribution in [2.24, 2.45) is 0 Å². The van der Waals surface area contributed by atoms with Gasteiger partial charge in [-0.15, -0.1) is 0 Å². The van der Waals surface area contributed by atoms with E-state index in [1.165, 1.54) is 0 Å². The van der Waals surface area contributed by atoms with Crippen molar-refractivity contribution in [2.45, 2.75) is 19.1 Å². The van der Waals surface area contributed by atoms with Gasteiger partial charge in [-0.1, -0.05) is 30.3 Å². The SMILES string of the molecule is CC(OC(=O)c1ccc(NCC(O)CO)cc1)C(=O)c1ccccc1. The van der Waals surface area contributed by atoms with Gasteiger partial charge < -0.3 is 20.3 Å². The molecule has 0 bridgehead atoms. The number of esters is 1. The maximum absolute atomic E-state index is 12.2. The molecule has 0 spiro atoms. The van der Waals surface area contributed by atoms with Crippen molar-refractivity contribution in [1.29, 1.82) is 0 Å². The Labute approximate surface area is 146 Å². The van der Waals surface area contributed by atoms with Gasteiger partial charge in [-0.25, -0.2) is 4.79 Å². The summed E-state index contributed by atoms with van der Waals surface area (Å²) >= 11 is 0. The van der Waals surface area contributed by atoms with E-state index in [9.17, 15) is 14.7 Å². The third kappa shape index (κ3) is 5.41. The normalized spacial score (nSPS) is 12.9. The molecule has 0 saturated heterocycles. The number of carbonyl (C=O) groups is 2. The molecule has 6 nitrogen and oxygen atoms in total. The van der Waals surface area contributed by atoms with Crippen LogP contribution in [0.3, 0.4) is 0 Å². The summed E-state index contributed by atoms with van der Waals surface area (Å²) in [5, 5.41) is 21.0. The lowest BCUT2D eigenvalue weighted by molar-refractivity contribution is 0.0319. The molecule has 132 valence electrons. The van der Waals surface area contributed by atoms with Crippen molar-refractivity contribution < 1.29 is 24.5 Å². The van der Waals surface area contributed by atoms with E-state index in [1.54, 1.807) is 55.5 Å². The molecule has 0 fully saturated rings. The fraction of sp³-hybridized carbons (Fsp3) is 0.263. The molecule has 0 amide bonds. The summed E-state index contributed by atoms with van der Waals surface area (Å²) in [4.78, 5) is 24.4. The highest BCUT2D eigenvalue weighted by Crippen LogP contribution is 2.13. The summed E-state index contributed by atoms with van der Waals surface area (Å²) in [5.74, 6) is -0.844. The van der Waals surface area contributed by atoms with Gasteiger partial charge >= 0.3 is 5.97 Å². The number of ketones is 1. The predicted octanol–water partition coefficient (Wildman–Crippen LogP) is 1.88. The first kappa shape index (κ1) is 18.6. The molecule has 2 unspecified atom stereocenters. The quantitative estimate of drug-likeness (QED) is 0.500. The van der Waals surface area contributed by atoms with Crippen molar-refractivity contribution >= 4 is 17.4 Å². The molecule has 2 aromatic rings. The average Bonchev–Trinajstić information content (AvgIpc) is 2.66. The lowest BCUT2D eigenvalue weighted by Gasteiger charge is -2.13. The van der Waals surface area contributed by atoms with Gasteiger partial charge in [0.2, 0.25) is 5.78 Å². The highest BCUT2D eigenvalue weighted by molar-refractivity contribution is 6.01. The molecule has 25 heavy (non-hydrogen) atoms. The predicted molar refractivity (Wildman–Crippen MR) is 93.7 cm³/mol. The molecule has 2 aromatic carbocycles. The lowest BCUT2D eigenvalue weighted by Crippen LogP contribution is -2.24. The summed E-state index contributed by atoms with van der Waals surface area (Å²) in [6.07, 6.45) is -1.73. The Morgan fingerprint density at radius 3 is 2.28 bits per heavy atom. The van der Waals surface area contributed by atoms with Gasteiger partial charge in [0.1, 0.15) is 0 Å². The monoisotopic (exact) mass is 343 g/mol. The van der Waals surface area contributed by atoms with Crippen LogP contribution >= 0.6 is 0 Å². The number of hydrogen-bond donors (Lipinski definition) is 3. The lowest BCUT2D eigenvalue weighted by atomic mass is 10.1. The summed E-state index contributed by atoms with van der Waals surface area (Å²) in [7, 11) is 0. The minimum atomic E-state index is -0.882. The topological polar surface area (TPSA) is 95.9 Å². The van der Waals surface area contributed by atoms with Gasteiger partial charge in [-0.2, -0.15) is 0 Å². The summed E-state index contributed by atoms with van der Waals surface area (Å²) in [6.45, 7) is 1.41. The molecule has 0 aromatic heterocycles. The smallest absolute Gasteiger partial charge is 0.338 e. The molecule has 3 N–H and O–H groups in total. The summed E-state index contributed by atoms with van der Waals surface area (Å²) in [5.41, 5.74) is 1.50. The second kappa shape index (κ2) is 8.96. The molecular formula is C19H21NO5. The van der Waals surface area contributed by atoms with Crippen molar-refractivity contribution in [3.63, 3.8) is 0 Å². The van der Waals surface area contributed by atoms with E-state index in [4.69, 9.17) is 9.84 Å². The van der Waals surface area contributed by atoms with Gasteiger partial charge in [0, 0.05) is 17.8 Å². The Kier molecular flexibility index (Phi) is 6.68. The Balaban J connectivity index is 1.93. The molecule has 2 rings (SSSR count). The zero-order valence-electron chi connectivity index (χ0n) is 13.9. The fourth-order valence-electron chi connectivity index (χ4n) is 2.14. The van der Waals surface area contributed by atoms with Crippen molar-refractivity contribution in [2.75, 3.05) is 18.5 Å². The van der Waals surface area contributed by atoms with Crippen molar-refractivity contribution in [3.05, 3.63) is 65.7 Å². The van der Waals surface area contributed by atoms with Gasteiger partial charge in [0.15, 0.2) is 6.10 Å². The van der Waals surface area contributed by atoms with Crippen LogP contribution in [0.15, 0.2) is 54.6 Å². The largest absolute Gasteiger partial charge is 0.451 e. The molecular weight excluding hydrogens is 322 g/mol. The maximum Gasteiger partial charge on any atom is 0.338 e. The Morgan fingerprint density at radius 2 is 1.68 bits per heavy atom. The molecule has 0 saturated carbocycles. The third-order valence-electron chi connectivity index (χ3n) is 3.58. The fourth-order valence-corrected chi connectivity index (χ4v) is 2.14. The van der Waals surface area contributed by atoms with Crippen LogP contribution in [0.5, 0.6) is 0 Å². The van der Waals surface area contributed by atoms with Gasteiger partial charge in [-0.3, -0.25) is 4.79 Å². The third-order valence-corrected chi connectivity index (χ3v) is 3.58. The van der Waals surface area contributed by atoms with Crippen LogP contribution in [-0.4, -0.2) is 47.3 Å². The van der Waals surface area contributed by atoms with Crippen LogP contribution < -0.4 is 5.32 Å². The number of hydrogen-bond acceptors (Lipinski definition) is 6. The van der Waals surface area contributed by atoms with E-state index in [2.05, 4.69) is 5.32 Å². The zero-order chi connectivity index (χ0) is 18.2.